The number of aliphatic imine (C=N–C) groups is 1. The van der Waals surface area contributed by atoms with Gasteiger partial charge in [0.25, 0.3) is 0 Å². The van der Waals surface area contributed by atoms with Gasteiger partial charge in [0.05, 0.1) is 19.1 Å². The largest absolute Gasteiger partial charge is 0.444 e. The molecule has 1 atom stereocenters. The van der Waals surface area contributed by atoms with Gasteiger partial charge in [0.2, 0.25) is 0 Å². The zero-order valence-electron chi connectivity index (χ0n) is 17.1. The standard InChI is InChI=1S/C19H31N7O2/c1-19(2,3)28-18(27)24-9-10-25-14(13-24)11-20-17(25)21-12-16-23-22-15-7-5-4-6-8-26(15)16/h14H,4-13H2,1-3H3,(H,20,21). The number of nitrogens with zero attached hydrogens (tertiary/aromatic N) is 6. The molecule has 28 heavy (non-hydrogen) atoms. The maximum atomic E-state index is 12.3. The van der Waals surface area contributed by atoms with Gasteiger partial charge < -0.3 is 24.4 Å². The van der Waals surface area contributed by atoms with Crippen LogP contribution >= 0.6 is 0 Å². The van der Waals surface area contributed by atoms with Crippen LogP contribution in [-0.4, -0.2) is 74.4 Å². The van der Waals surface area contributed by atoms with Gasteiger partial charge in [-0.15, -0.1) is 10.2 Å². The zero-order chi connectivity index (χ0) is 19.7. The lowest BCUT2D eigenvalue weighted by atomic mass is 10.2. The number of aryl methyl sites for hydroxylation is 1. The minimum Gasteiger partial charge on any atom is -0.444 e. The molecular formula is C19H31N7O2. The Balaban J connectivity index is 1.32. The van der Waals surface area contributed by atoms with E-state index in [2.05, 4.69) is 30.0 Å². The summed E-state index contributed by atoms with van der Waals surface area (Å²) in [6.45, 7) is 10.1. The quantitative estimate of drug-likeness (QED) is 0.822. The lowest BCUT2D eigenvalue weighted by molar-refractivity contribution is 0.0137. The van der Waals surface area contributed by atoms with Crippen molar-refractivity contribution in [1.82, 2.24) is 29.9 Å². The summed E-state index contributed by atoms with van der Waals surface area (Å²) < 4.78 is 7.77. The number of nitrogens with one attached hydrogen (secondary N) is 1. The number of hydrogen-bond donors (Lipinski definition) is 1. The molecule has 0 saturated carbocycles. The minimum absolute atomic E-state index is 0.208. The summed E-state index contributed by atoms with van der Waals surface area (Å²) in [5.74, 6) is 2.99. The number of hydrogen-bond acceptors (Lipinski definition) is 7. The van der Waals surface area contributed by atoms with Crippen LogP contribution in [0.5, 0.6) is 0 Å². The summed E-state index contributed by atoms with van der Waals surface area (Å²) in [6, 6.07) is 0.208. The van der Waals surface area contributed by atoms with Crippen molar-refractivity contribution in [1.29, 1.82) is 0 Å². The highest BCUT2D eigenvalue weighted by atomic mass is 16.6. The molecule has 0 spiro atoms. The van der Waals surface area contributed by atoms with E-state index in [9.17, 15) is 4.79 Å². The van der Waals surface area contributed by atoms with E-state index in [0.717, 1.165) is 37.1 Å². The summed E-state index contributed by atoms with van der Waals surface area (Å²) in [5.41, 5.74) is -0.469. The molecule has 154 valence electrons. The third-order valence-electron chi connectivity index (χ3n) is 5.45. The number of carbonyl (C=O) groups excluding carboxylic acids is 1. The highest BCUT2D eigenvalue weighted by Crippen LogP contribution is 2.19. The monoisotopic (exact) mass is 389 g/mol. The molecule has 0 aliphatic carbocycles. The van der Waals surface area contributed by atoms with Crippen LogP contribution in [0.2, 0.25) is 0 Å². The van der Waals surface area contributed by atoms with Crippen LogP contribution < -0.4 is 5.32 Å². The van der Waals surface area contributed by atoms with E-state index in [1.54, 1.807) is 4.90 Å². The van der Waals surface area contributed by atoms with Gasteiger partial charge in [0.15, 0.2) is 11.8 Å². The molecule has 3 aliphatic rings. The Hall–Kier alpha value is -2.32. The fourth-order valence-corrected chi connectivity index (χ4v) is 4.06. The predicted molar refractivity (Wildman–Crippen MR) is 105 cm³/mol. The predicted octanol–water partition coefficient (Wildman–Crippen LogP) is 1.39. The number of carbonyl (C=O) groups is 1. The molecule has 0 aromatic carbocycles. The Morgan fingerprint density at radius 2 is 2.04 bits per heavy atom. The highest BCUT2D eigenvalue weighted by molar-refractivity contribution is 5.82. The van der Waals surface area contributed by atoms with Gasteiger partial charge in [-0.25, -0.2) is 4.79 Å². The summed E-state index contributed by atoms with van der Waals surface area (Å²) in [5, 5.41) is 12.2. The van der Waals surface area contributed by atoms with E-state index < -0.39 is 5.60 Å². The molecule has 9 heteroatoms. The molecule has 1 amide bonds. The Labute approximate surface area is 166 Å². The van der Waals surface area contributed by atoms with Crippen molar-refractivity contribution in [3.63, 3.8) is 0 Å². The van der Waals surface area contributed by atoms with Crippen molar-refractivity contribution < 1.29 is 9.53 Å². The lowest BCUT2D eigenvalue weighted by Crippen LogP contribution is -2.57. The maximum Gasteiger partial charge on any atom is 0.410 e. The van der Waals surface area contributed by atoms with Gasteiger partial charge in [0, 0.05) is 32.6 Å². The van der Waals surface area contributed by atoms with Crippen LogP contribution in [0.1, 0.15) is 51.7 Å². The average molecular weight is 390 g/mol. The number of rotatable bonds is 2. The van der Waals surface area contributed by atoms with Gasteiger partial charge in [-0.3, -0.25) is 4.99 Å². The van der Waals surface area contributed by atoms with Crippen molar-refractivity contribution in [3.8, 4) is 0 Å². The second-order valence-corrected chi connectivity index (χ2v) is 8.79. The molecule has 1 saturated heterocycles. The zero-order valence-corrected chi connectivity index (χ0v) is 17.1. The SMILES string of the molecule is CC(C)(C)OC(=O)N1CCN2C(NCc3nnc4n3CCCCC4)=NCC2C1. The van der Waals surface area contributed by atoms with Gasteiger partial charge in [-0.05, 0) is 33.6 Å². The highest BCUT2D eigenvalue weighted by Gasteiger charge is 2.36. The Morgan fingerprint density at radius 3 is 2.86 bits per heavy atom. The van der Waals surface area contributed by atoms with E-state index in [-0.39, 0.29) is 12.1 Å². The van der Waals surface area contributed by atoms with E-state index in [0.29, 0.717) is 26.2 Å². The molecule has 0 bridgehead atoms. The summed E-state index contributed by atoms with van der Waals surface area (Å²) >= 11 is 0. The van der Waals surface area contributed by atoms with Crippen LogP contribution in [0.4, 0.5) is 4.79 Å². The van der Waals surface area contributed by atoms with Crippen molar-refractivity contribution in [2.45, 2.75) is 71.2 Å². The van der Waals surface area contributed by atoms with E-state index in [1.165, 1.54) is 19.3 Å². The second-order valence-electron chi connectivity index (χ2n) is 8.79. The van der Waals surface area contributed by atoms with Crippen molar-refractivity contribution >= 4 is 12.1 Å². The number of ether oxygens (including phenoxy) is 1. The molecule has 1 unspecified atom stereocenters. The summed E-state index contributed by atoms with van der Waals surface area (Å²) in [6.07, 6.45) is 4.42. The number of piperazine rings is 1. The third kappa shape index (κ3) is 4.07. The number of amides is 1. The topological polar surface area (TPSA) is 87.9 Å². The molecule has 4 rings (SSSR count). The van der Waals surface area contributed by atoms with Gasteiger partial charge in [0.1, 0.15) is 11.4 Å². The first kappa shape index (κ1) is 19.0. The van der Waals surface area contributed by atoms with E-state index >= 15 is 0 Å². The Morgan fingerprint density at radius 1 is 1.18 bits per heavy atom. The number of aromatic nitrogens is 3. The van der Waals surface area contributed by atoms with Crippen LogP contribution in [0, 0.1) is 0 Å². The van der Waals surface area contributed by atoms with Gasteiger partial charge >= 0.3 is 6.09 Å². The molecule has 0 radical (unpaired) electrons. The van der Waals surface area contributed by atoms with Crippen molar-refractivity contribution in [2.75, 3.05) is 26.2 Å². The second kappa shape index (κ2) is 7.60. The average Bonchev–Trinajstić information content (AvgIpc) is 3.14. The normalized spacial score (nSPS) is 22.2. The fraction of sp³-hybridized carbons (Fsp3) is 0.789. The van der Waals surface area contributed by atoms with E-state index in [4.69, 9.17) is 4.74 Å². The molecule has 4 heterocycles. The first-order valence-electron chi connectivity index (χ1n) is 10.3. The van der Waals surface area contributed by atoms with E-state index in [1.807, 2.05) is 20.8 Å². The van der Waals surface area contributed by atoms with Crippen LogP contribution in [0.3, 0.4) is 0 Å². The maximum absolute atomic E-state index is 12.3. The first-order valence-corrected chi connectivity index (χ1v) is 10.3. The van der Waals surface area contributed by atoms with Crippen molar-refractivity contribution in [3.05, 3.63) is 11.6 Å². The first-order chi connectivity index (χ1) is 13.4. The summed E-state index contributed by atoms with van der Waals surface area (Å²) in [7, 11) is 0. The molecule has 3 aliphatic heterocycles. The number of guanidine groups is 1. The molecule has 9 nitrogen and oxygen atoms in total. The minimum atomic E-state index is -0.469. The molecule has 1 fully saturated rings. The Bertz CT molecular complexity index is 752. The Kier molecular flexibility index (Phi) is 5.16. The smallest absolute Gasteiger partial charge is 0.410 e. The van der Waals surface area contributed by atoms with Crippen LogP contribution in [-0.2, 0) is 24.2 Å². The van der Waals surface area contributed by atoms with Gasteiger partial charge in [-0.2, -0.15) is 0 Å². The molecule has 1 aromatic heterocycles. The van der Waals surface area contributed by atoms with Crippen LogP contribution in [0.15, 0.2) is 4.99 Å². The number of fused-ring (bicyclic) bond motifs is 2. The third-order valence-corrected chi connectivity index (χ3v) is 5.45. The molecule has 1 N–H and O–H groups in total. The van der Waals surface area contributed by atoms with Gasteiger partial charge in [-0.1, -0.05) is 6.42 Å². The van der Waals surface area contributed by atoms with Crippen molar-refractivity contribution in [2.24, 2.45) is 4.99 Å². The molecule has 1 aromatic rings. The summed E-state index contributed by atoms with van der Waals surface area (Å²) in [4.78, 5) is 21.1. The van der Waals surface area contributed by atoms with Crippen LogP contribution in [0.25, 0.3) is 0 Å². The lowest BCUT2D eigenvalue weighted by Gasteiger charge is -2.39. The molecular weight excluding hydrogens is 358 g/mol. The fourth-order valence-electron chi connectivity index (χ4n) is 4.06.